The first kappa shape index (κ1) is 22.6. The first-order chi connectivity index (χ1) is 14.8. The standard InChI is InChI=1S/C22H20ClNO6S/c1-29-21(25)13-19(17-9-5-6-10-18(17)23)24-22(26)20-12-11-15(30-20)14-31(27,28)16-7-3-2-4-8-16/h2-12,19H,13-14H2,1H3,(H,24,26). The number of esters is 1. The predicted molar refractivity (Wildman–Crippen MR) is 114 cm³/mol. The molecule has 0 aliphatic carbocycles. The molecule has 1 amide bonds. The van der Waals surface area contributed by atoms with E-state index >= 15 is 0 Å². The van der Waals surface area contributed by atoms with Crippen LogP contribution in [0.15, 0.2) is 76.0 Å². The Morgan fingerprint density at radius 1 is 1.03 bits per heavy atom. The molecule has 0 saturated heterocycles. The highest BCUT2D eigenvalue weighted by Crippen LogP contribution is 2.26. The summed E-state index contributed by atoms with van der Waals surface area (Å²) in [5.74, 6) is -1.49. The van der Waals surface area contributed by atoms with Gasteiger partial charge in [-0.3, -0.25) is 9.59 Å². The number of hydrogen-bond donors (Lipinski definition) is 1. The number of halogens is 1. The molecule has 31 heavy (non-hydrogen) atoms. The van der Waals surface area contributed by atoms with Crippen LogP contribution in [0.1, 0.15) is 34.3 Å². The number of sulfone groups is 1. The SMILES string of the molecule is COC(=O)CC(NC(=O)c1ccc(CS(=O)(=O)c2ccccc2)o1)c1ccccc1Cl. The summed E-state index contributed by atoms with van der Waals surface area (Å²) in [6, 6.07) is 16.8. The molecule has 1 aromatic heterocycles. The van der Waals surface area contributed by atoms with Crippen molar-refractivity contribution >= 4 is 33.3 Å². The van der Waals surface area contributed by atoms with Crippen LogP contribution in [0, 0.1) is 0 Å². The number of carbonyl (C=O) groups excluding carboxylic acids is 2. The van der Waals surface area contributed by atoms with Gasteiger partial charge in [0.1, 0.15) is 11.5 Å². The maximum absolute atomic E-state index is 12.7. The molecule has 7 nitrogen and oxygen atoms in total. The summed E-state index contributed by atoms with van der Waals surface area (Å²) in [5, 5.41) is 3.08. The summed E-state index contributed by atoms with van der Waals surface area (Å²) in [6.07, 6.45) is -0.137. The molecule has 0 fully saturated rings. The molecule has 1 unspecified atom stereocenters. The van der Waals surface area contributed by atoms with Crippen molar-refractivity contribution in [1.82, 2.24) is 5.32 Å². The molecule has 0 radical (unpaired) electrons. The molecule has 1 N–H and O–H groups in total. The van der Waals surface area contributed by atoms with Crippen molar-refractivity contribution in [1.29, 1.82) is 0 Å². The third-order valence-electron chi connectivity index (χ3n) is 4.50. The number of furan rings is 1. The van der Waals surface area contributed by atoms with Gasteiger partial charge in [-0.15, -0.1) is 0 Å². The largest absolute Gasteiger partial charge is 0.469 e. The van der Waals surface area contributed by atoms with Crippen LogP contribution >= 0.6 is 11.6 Å². The zero-order valence-electron chi connectivity index (χ0n) is 16.6. The molecule has 3 rings (SSSR count). The second-order valence-corrected chi connectivity index (χ2v) is 9.06. The molecule has 0 spiro atoms. The van der Waals surface area contributed by atoms with E-state index in [1.54, 1.807) is 42.5 Å². The van der Waals surface area contributed by atoms with Gasteiger partial charge in [-0.1, -0.05) is 48.0 Å². The van der Waals surface area contributed by atoms with Gasteiger partial charge < -0.3 is 14.5 Å². The summed E-state index contributed by atoms with van der Waals surface area (Å²) in [6.45, 7) is 0. The third kappa shape index (κ3) is 5.74. The lowest BCUT2D eigenvalue weighted by Crippen LogP contribution is -2.30. The highest BCUT2D eigenvalue weighted by atomic mass is 35.5. The Balaban J connectivity index is 1.77. The van der Waals surface area contributed by atoms with Gasteiger partial charge in [0.05, 0.1) is 24.5 Å². The Labute approximate surface area is 184 Å². The van der Waals surface area contributed by atoms with E-state index in [4.69, 9.17) is 20.8 Å². The molecule has 1 atom stereocenters. The smallest absolute Gasteiger partial charge is 0.307 e. The maximum atomic E-state index is 12.7. The van der Waals surface area contributed by atoms with Crippen LogP contribution in [0.4, 0.5) is 0 Å². The second-order valence-electron chi connectivity index (χ2n) is 6.67. The predicted octanol–water partition coefficient (Wildman–Crippen LogP) is 3.94. The van der Waals surface area contributed by atoms with Gasteiger partial charge in [0, 0.05) is 5.02 Å². The van der Waals surface area contributed by atoms with E-state index in [0.717, 1.165) is 0 Å². The van der Waals surface area contributed by atoms with Gasteiger partial charge in [0.25, 0.3) is 5.91 Å². The fraction of sp³-hybridized carbons (Fsp3) is 0.182. The number of carbonyl (C=O) groups is 2. The lowest BCUT2D eigenvalue weighted by atomic mass is 10.0. The van der Waals surface area contributed by atoms with Gasteiger partial charge in [0.2, 0.25) is 0 Å². The average molecular weight is 462 g/mol. The molecule has 0 aliphatic heterocycles. The van der Waals surface area contributed by atoms with Crippen LogP contribution in [-0.4, -0.2) is 27.4 Å². The topological polar surface area (TPSA) is 103 Å². The lowest BCUT2D eigenvalue weighted by molar-refractivity contribution is -0.141. The Hall–Kier alpha value is -3.10. The first-order valence-electron chi connectivity index (χ1n) is 9.29. The molecule has 0 aliphatic rings. The highest BCUT2D eigenvalue weighted by Gasteiger charge is 2.24. The quantitative estimate of drug-likeness (QED) is 0.509. The maximum Gasteiger partial charge on any atom is 0.307 e. The van der Waals surface area contributed by atoms with E-state index in [1.165, 1.54) is 31.4 Å². The second kappa shape index (κ2) is 9.80. The van der Waals surface area contributed by atoms with Crippen LogP contribution in [0.5, 0.6) is 0 Å². The Morgan fingerprint density at radius 3 is 2.39 bits per heavy atom. The van der Waals surface area contributed by atoms with Gasteiger partial charge in [-0.05, 0) is 35.9 Å². The van der Waals surface area contributed by atoms with Gasteiger partial charge in [-0.25, -0.2) is 8.42 Å². The molecular formula is C22H20ClNO6S. The van der Waals surface area contributed by atoms with Crippen molar-refractivity contribution in [2.24, 2.45) is 0 Å². The molecule has 162 valence electrons. The van der Waals surface area contributed by atoms with Crippen LogP contribution in [0.2, 0.25) is 5.02 Å². The van der Waals surface area contributed by atoms with E-state index in [0.29, 0.717) is 10.6 Å². The molecule has 3 aromatic rings. The molecule has 0 saturated carbocycles. The van der Waals surface area contributed by atoms with Crippen molar-refractivity contribution in [3.8, 4) is 0 Å². The number of ether oxygens (including phenoxy) is 1. The van der Waals surface area contributed by atoms with E-state index in [9.17, 15) is 18.0 Å². The van der Waals surface area contributed by atoms with Crippen molar-refractivity contribution in [2.75, 3.05) is 7.11 Å². The molecule has 9 heteroatoms. The number of nitrogens with one attached hydrogen (secondary N) is 1. The monoisotopic (exact) mass is 461 g/mol. The highest BCUT2D eigenvalue weighted by molar-refractivity contribution is 7.90. The van der Waals surface area contributed by atoms with Crippen molar-refractivity contribution in [3.05, 3.63) is 88.8 Å². The lowest BCUT2D eigenvalue weighted by Gasteiger charge is -2.18. The van der Waals surface area contributed by atoms with E-state index < -0.39 is 27.8 Å². The molecule has 2 aromatic carbocycles. The minimum Gasteiger partial charge on any atom is -0.469 e. The number of amides is 1. The fourth-order valence-corrected chi connectivity index (χ4v) is 4.49. The van der Waals surface area contributed by atoms with Crippen LogP contribution in [-0.2, 0) is 25.1 Å². The third-order valence-corrected chi connectivity index (χ3v) is 6.50. The van der Waals surface area contributed by atoms with Gasteiger partial charge in [-0.2, -0.15) is 0 Å². The van der Waals surface area contributed by atoms with E-state index in [2.05, 4.69) is 5.32 Å². The average Bonchev–Trinajstić information content (AvgIpc) is 3.22. The zero-order chi connectivity index (χ0) is 22.4. The van der Waals surface area contributed by atoms with Crippen LogP contribution in [0.25, 0.3) is 0 Å². The van der Waals surface area contributed by atoms with Gasteiger partial charge >= 0.3 is 5.97 Å². The number of rotatable bonds is 8. The number of hydrogen-bond acceptors (Lipinski definition) is 6. The summed E-state index contributed by atoms with van der Waals surface area (Å²) >= 11 is 6.22. The Morgan fingerprint density at radius 2 is 1.71 bits per heavy atom. The summed E-state index contributed by atoms with van der Waals surface area (Å²) in [7, 11) is -2.37. The molecule has 0 bridgehead atoms. The molecule has 1 heterocycles. The first-order valence-corrected chi connectivity index (χ1v) is 11.3. The summed E-state index contributed by atoms with van der Waals surface area (Å²) < 4.78 is 35.2. The molecular weight excluding hydrogens is 442 g/mol. The van der Waals surface area contributed by atoms with Crippen molar-refractivity contribution < 1.29 is 27.2 Å². The fourth-order valence-electron chi connectivity index (χ4n) is 2.95. The minimum atomic E-state index is -3.62. The minimum absolute atomic E-state index is 0.0832. The normalized spacial score (nSPS) is 12.2. The van der Waals surface area contributed by atoms with Crippen LogP contribution < -0.4 is 5.32 Å². The Bertz CT molecular complexity index is 1170. The summed E-state index contributed by atoms with van der Waals surface area (Å²) in [4.78, 5) is 24.7. The van der Waals surface area contributed by atoms with Crippen molar-refractivity contribution in [2.45, 2.75) is 23.1 Å². The zero-order valence-corrected chi connectivity index (χ0v) is 18.2. The van der Waals surface area contributed by atoms with Gasteiger partial charge in [0.15, 0.2) is 15.6 Å². The van der Waals surface area contributed by atoms with E-state index in [-0.39, 0.29) is 28.6 Å². The van der Waals surface area contributed by atoms with Crippen molar-refractivity contribution in [3.63, 3.8) is 0 Å². The Kier molecular flexibility index (Phi) is 7.14. The van der Waals surface area contributed by atoms with E-state index in [1.807, 2.05) is 0 Å². The summed E-state index contributed by atoms with van der Waals surface area (Å²) in [5.41, 5.74) is 0.543. The number of methoxy groups -OCH3 is 1. The van der Waals surface area contributed by atoms with Crippen LogP contribution in [0.3, 0.4) is 0 Å². The number of benzene rings is 2.